The van der Waals surface area contributed by atoms with Crippen LogP contribution in [0.15, 0.2) is 31.0 Å². The lowest BCUT2D eigenvalue weighted by atomic mass is 9.95. The number of likely N-dealkylation sites (tertiary alicyclic amines) is 1. The SMILES string of the molecule is CCc1c(N)ncnc1N1CCC(c2nc(-c3cncc(Cl)c3)cn2CCN2CCC2)CC1. The second-order valence-electron chi connectivity index (χ2n) is 8.94. The van der Waals surface area contributed by atoms with Crippen molar-refractivity contribution in [1.82, 2.24) is 29.4 Å². The number of hydrogen-bond donors (Lipinski definition) is 1. The first-order chi connectivity index (χ1) is 16.1. The first-order valence-corrected chi connectivity index (χ1v) is 12.2. The lowest BCUT2D eigenvalue weighted by molar-refractivity contribution is 0.173. The summed E-state index contributed by atoms with van der Waals surface area (Å²) < 4.78 is 2.36. The van der Waals surface area contributed by atoms with E-state index in [9.17, 15) is 0 Å². The topological polar surface area (TPSA) is 89.0 Å². The summed E-state index contributed by atoms with van der Waals surface area (Å²) in [5, 5.41) is 0.633. The van der Waals surface area contributed by atoms with E-state index in [2.05, 4.69) is 42.4 Å². The minimum Gasteiger partial charge on any atom is -0.383 e. The Morgan fingerprint density at radius 1 is 1.09 bits per heavy atom. The van der Waals surface area contributed by atoms with E-state index in [0.29, 0.717) is 16.8 Å². The average Bonchev–Trinajstić information content (AvgIpc) is 3.22. The molecule has 8 nitrogen and oxygen atoms in total. The predicted octanol–water partition coefficient (Wildman–Crippen LogP) is 3.62. The standard InChI is InChI=1S/C24H31ClN8/c1-2-20-22(26)28-16-29-24(20)32-8-4-17(5-9-32)23-30-21(18-12-19(25)14-27-13-18)15-33(23)11-10-31-6-3-7-31/h12-17H,2-11H2,1H3,(H2,26,28,29). The largest absolute Gasteiger partial charge is 0.383 e. The molecule has 33 heavy (non-hydrogen) atoms. The molecule has 0 aromatic carbocycles. The van der Waals surface area contributed by atoms with Gasteiger partial charge in [0.15, 0.2) is 0 Å². The van der Waals surface area contributed by atoms with Crippen molar-refractivity contribution in [3.05, 3.63) is 47.4 Å². The number of aromatic nitrogens is 5. The van der Waals surface area contributed by atoms with Crippen LogP contribution in [0, 0.1) is 0 Å². The molecule has 2 fully saturated rings. The van der Waals surface area contributed by atoms with Crippen LogP contribution < -0.4 is 10.6 Å². The number of piperidine rings is 1. The van der Waals surface area contributed by atoms with Crippen molar-refractivity contribution in [2.24, 2.45) is 0 Å². The summed E-state index contributed by atoms with van der Waals surface area (Å²) >= 11 is 6.20. The molecule has 2 aliphatic heterocycles. The van der Waals surface area contributed by atoms with Gasteiger partial charge in [-0.05, 0) is 44.8 Å². The molecule has 2 N–H and O–H groups in total. The molecule has 0 atom stereocenters. The molecule has 0 saturated carbocycles. The number of nitrogens with two attached hydrogens (primary N) is 1. The van der Waals surface area contributed by atoms with Crippen LogP contribution in [-0.2, 0) is 13.0 Å². The smallest absolute Gasteiger partial charge is 0.137 e. The van der Waals surface area contributed by atoms with Gasteiger partial charge in [-0.15, -0.1) is 0 Å². The zero-order valence-electron chi connectivity index (χ0n) is 19.1. The minimum absolute atomic E-state index is 0.405. The molecule has 0 amide bonds. The van der Waals surface area contributed by atoms with Crippen LogP contribution in [-0.4, -0.2) is 62.1 Å². The maximum atomic E-state index is 6.20. The highest BCUT2D eigenvalue weighted by molar-refractivity contribution is 6.30. The summed E-state index contributed by atoms with van der Waals surface area (Å²) in [4.78, 5) is 22.9. The van der Waals surface area contributed by atoms with E-state index in [0.717, 1.165) is 68.1 Å². The van der Waals surface area contributed by atoms with Gasteiger partial charge in [-0.25, -0.2) is 15.0 Å². The summed E-state index contributed by atoms with van der Waals surface area (Å²) in [6, 6.07) is 1.94. The van der Waals surface area contributed by atoms with E-state index >= 15 is 0 Å². The van der Waals surface area contributed by atoms with E-state index in [1.54, 1.807) is 12.5 Å². The molecule has 0 radical (unpaired) electrons. The van der Waals surface area contributed by atoms with Crippen molar-refractivity contribution < 1.29 is 0 Å². The van der Waals surface area contributed by atoms with Crippen molar-refractivity contribution >= 4 is 23.2 Å². The van der Waals surface area contributed by atoms with E-state index in [-0.39, 0.29) is 0 Å². The highest BCUT2D eigenvalue weighted by atomic mass is 35.5. The van der Waals surface area contributed by atoms with Crippen molar-refractivity contribution in [1.29, 1.82) is 0 Å². The minimum atomic E-state index is 0.405. The van der Waals surface area contributed by atoms with Gasteiger partial charge in [0.2, 0.25) is 0 Å². The third kappa shape index (κ3) is 4.68. The van der Waals surface area contributed by atoms with E-state index < -0.39 is 0 Å². The Balaban J connectivity index is 1.36. The van der Waals surface area contributed by atoms with Crippen molar-refractivity contribution in [3.63, 3.8) is 0 Å². The van der Waals surface area contributed by atoms with Crippen LogP contribution in [0.4, 0.5) is 11.6 Å². The molecular weight excluding hydrogens is 436 g/mol. The number of nitrogens with zero attached hydrogens (tertiary/aromatic N) is 7. The van der Waals surface area contributed by atoms with Gasteiger partial charge in [-0.1, -0.05) is 18.5 Å². The van der Waals surface area contributed by atoms with Gasteiger partial charge in [0.1, 0.15) is 23.8 Å². The zero-order chi connectivity index (χ0) is 22.8. The molecule has 5 heterocycles. The molecule has 174 valence electrons. The Kier molecular flexibility index (Phi) is 6.46. The fraction of sp³-hybridized carbons (Fsp3) is 0.500. The number of halogens is 1. The van der Waals surface area contributed by atoms with E-state index in [4.69, 9.17) is 22.3 Å². The molecule has 5 rings (SSSR count). The van der Waals surface area contributed by atoms with Crippen LogP contribution in [0.3, 0.4) is 0 Å². The molecule has 0 unspecified atom stereocenters. The highest BCUT2D eigenvalue weighted by Crippen LogP contribution is 2.33. The summed E-state index contributed by atoms with van der Waals surface area (Å²) in [6.45, 7) is 8.40. The highest BCUT2D eigenvalue weighted by Gasteiger charge is 2.27. The molecule has 0 spiro atoms. The van der Waals surface area contributed by atoms with Crippen molar-refractivity contribution in [2.75, 3.05) is 43.4 Å². The molecule has 9 heteroatoms. The monoisotopic (exact) mass is 466 g/mol. The molecule has 2 saturated heterocycles. The molecule has 3 aromatic heterocycles. The summed E-state index contributed by atoms with van der Waals surface area (Å²) in [5.74, 6) is 3.15. The van der Waals surface area contributed by atoms with Gasteiger partial charge in [0.05, 0.1) is 10.7 Å². The number of hydrogen-bond acceptors (Lipinski definition) is 7. The fourth-order valence-electron chi connectivity index (χ4n) is 4.86. The normalized spacial score (nSPS) is 17.3. The van der Waals surface area contributed by atoms with Gasteiger partial charge >= 0.3 is 0 Å². The number of anilines is 2. The molecule has 3 aromatic rings. The average molecular weight is 467 g/mol. The first-order valence-electron chi connectivity index (χ1n) is 11.9. The summed E-state index contributed by atoms with van der Waals surface area (Å²) in [6.07, 6.45) is 11.4. The van der Waals surface area contributed by atoms with E-state index in [1.807, 2.05) is 12.3 Å². The second-order valence-corrected chi connectivity index (χ2v) is 9.38. The summed E-state index contributed by atoms with van der Waals surface area (Å²) in [5.41, 5.74) is 9.07. The van der Waals surface area contributed by atoms with Gasteiger partial charge in [0.25, 0.3) is 0 Å². The van der Waals surface area contributed by atoms with Gasteiger partial charge in [-0.2, -0.15) is 0 Å². The first kappa shape index (κ1) is 22.1. The Labute approximate surface area is 199 Å². The van der Waals surface area contributed by atoms with E-state index in [1.165, 1.54) is 25.3 Å². The quantitative estimate of drug-likeness (QED) is 0.568. The maximum absolute atomic E-state index is 6.20. The molecule has 0 aliphatic carbocycles. The molecule has 0 bridgehead atoms. The number of nitrogen functional groups attached to an aromatic ring is 1. The van der Waals surface area contributed by atoms with Crippen LogP contribution in [0.5, 0.6) is 0 Å². The van der Waals surface area contributed by atoms with Crippen LogP contribution in [0.2, 0.25) is 5.02 Å². The van der Waals surface area contributed by atoms with Gasteiger partial charge in [-0.3, -0.25) is 4.98 Å². The lowest BCUT2D eigenvalue weighted by Crippen LogP contribution is -2.39. The van der Waals surface area contributed by atoms with Gasteiger partial charge < -0.3 is 20.1 Å². The zero-order valence-corrected chi connectivity index (χ0v) is 19.9. The van der Waals surface area contributed by atoms with Crippen LogP contribution in [0.1, 0.15) is 43.5 Å². The third-order valence-electron chi connectivity index (χ3n) is 6.88. The number of pyridine rings is 1. The van der Waals surface area contributed by atoms with Crippen molar-refractivity contribution in [2.45, 2.75) is 45.1 Å². The Bertz CT molecular complexity index is 1100. The summed E-state index contributed by atoms with van der Waals surface area (Å²) in [7, 11) is 0. The third-order valence-corrected chi connectivity index (χ3v) is 7.09. The Morgan fingerprint density at radius 2 is 1.91 bits per heavy atom. The lowest BCUT2D eigenvalue weighted by Gasteiger charge is -2.34. The Hall–Kier alpha value is -2.71. The Morgan fingerprint density at radius 3 is 2.61 bits per heavy atom. The predicted molar refractivity (Wildman–Crippen MR) is 132 cm³/mol. The fourth-order valence-corrected chi connectivity index (χ4v) is 5.03. The second kappa shape index (κ2) is 9.65. The number of imidazole rings is 1. The van der Waals surface area contributed by atoms with Crippen LogP contribution in [0.25, 0.3) is 11.3 Å². The maximum Gasteiger partial charge on any atom is 0.137 e. The molecule has 2 aliphatic rings. The number of rotatable bonds is 7. The van der Waals surface area contributed by atoms with Crippen LogP contribution >= 0.6 is 11.6 Å². The van der Waals surface area contributed by atoms with Gasteiger partial charge in [0, 0.05) is 61.8 Å². The molecular formula is C24H31ClN8. The van der Waals surface area contributed by atoms with Crippen molar-refractivity contribution in [3.8, 4) is 11.3 Å².